The normalized spacial score (nSPS) is 14.6. The topological polar surface area (TPSA) is 156 Å². The molecule has 3 aromatic rings. The number of amides is 1. The molecule has 4 rings (SSSR count). The minimum absolute atomic E-state index is 0.108. The van der Waals surface area contributed by atoms with Gasteiger partial charge < -0.3 is 5.32 Å². The van der Waals surface area contributed by atoms with Crippen molar-refractivity contribution in [2.24, 2.45) is 0 Å². The van der Waals surface area contributed by atoms with E-state index in [4.69, 9.17) is 11.6 Å². The summed E-state index contributed by atoms with van der Waals surface area (Å²) < 4.78 is 54.7. The molecule has 0 unspecified atom stereocenters. The Bertz CT molecular complexity index is 1570. The quantitative estimate of drug-likeness (QED) is 0.295. The van der Waals surface area contributed by atoms with E-state index < -0.39 is 41.5 Å². The smallest absolute Gasteiger partial charge is 0.270 e. The Hall–Kier alpha value is -3.52. The number of sulfonamides is 2. The summed E-state index contributed by atoms with van der Waals surface area (Å²) in [5, 5.41) is 13.5. The van der Waals surface area contributed by atoms with E-state index in [2.05, 4.69) is 10.0 Å². The van der Waals surface area contributed by atoms with Gasteiger partial charge in [-0.15, -0.1) is 0 Å². The minimum atomic E-state index is -4.25. The number of nitro benzene ring substituents is 1. The Morgan fingerprint density at radius 3 is 2.08 bits per heavy atom. The number of nitro groups is 1. The SMILES string of the molecule is O=C(Nc1ccc(S(=O)(=O)N2CCCCC2)cc1)c1ccc(NS(=O)(=O)c2cc([N+](=O)[O-])ccc2Cl)cc1. The fourth-order valence-corrected chi connectivity index (χ4v) is 6.98. The fourth-order valence-electron chi connectivity index (χ4n) is 3.88. The van der Waals surface area contributed by atoms with Gasteiger partial charge >= 0.3 is 0 Å². The molecular formula is C24H23ClN4O7S2. The summed E-state index contributed by atoms with van der Waals surface area (Å²) >= 11 is 5.94. The molecule has 1 aliphatic rings. The first-order valence-corrected chi connectivity index (χ1v) is 14.8. The highest BCUT2D eigenvalue weighted by molar-refractivity contribution is 7.92. The summed E-state index contributed by atoms with van der Waals surface area (Å²) in [6.45, 7) is 0.983. The average molecular weight is 579 g/mol. The lowest BCUT2D eigenvalue weighted by Gasteiger charge is -2.25. The predicted molar refractivity (Wildman–Crippen MR) is 142 cm³/mol. The summed E-state index contributed by atoms with van der Waals surface area (Å²) in [4.78, 5) is 22.6. The third kappa shape index (κ3) is 6.13. The Kier molecular flexibility index (Phi) is 8.02. The van der Waals surface area contributed by atoms with Gasteiger partial charge in [0.25, 0.3) is 21.6 Å². The van der Waals surface area contributed by atoms with Gasteiger partial charge in [-0.3, -0.25) is 19.6 Å². The van der Waals surface area contributed by atoms with Gasteiger partial charge in [0.15, 0.2) is 0 Å². The molecule has 14 heteroatoms. The number of hydrogen-bond donors (Lipinski definition) is 2. The van der Waals surface area contributed by atoms with E-state index in [0.717, 1.165) is 37.5 Å². The molecule has 0 bridgehead atoms. The van der Waals surface area contributed by atoms with Gasteiger partial charge in [-0.2, -0.15) is 4.31 Å². The number of rotatable bonds is 8. The van der Waals surface area contributed by atoms with E-state index >= 15 is 0 Å². The van der Waals surface area contributed by atoms with Crippen LogP contribution in [-0.2, 0) is 20.0 Å². The fraction of sp³-hybridized carbons (Fsp3) is 0.208. The zero-order chi connectivity index (χ0) is 27.5. The molecule has 1 heterocycles. The maximum Gasteiger partial charge on any atom is 0.270 e. The molecule has 0 atom stereocenters. The molecule has 0 aromatic heterocycles. The number of piperidine rings is 1. The van der Waals surface area contributed by atoms with Crippen molar-refractivity contribution in [3.05, 3.63) is 87.4 Å². The summed E-state index contributed by atoms with van der Waals surface area (Å²) in [6.07, 6.45) is 2.67. The lowest BCUT2D eigenvalue weighted by molar-refractivity contribution is -0.385. The molecule has 2 N–H and O–H groups in total. The lowest BCUT2D eigenvalue weighted by atomic mass is 10.2. The number of halogens is 1. The zero-order valence-corrected chi connectivity index (χ0v) is 22.2. The van der Waals surface area contributed by atoms with Crippen LogP contribution in [0.1, 0.15) is 29.6 Å². The van der Waals surface area contributed by atoms with Crippen molar-refractivity contribution in [3.63, 3.8) is 0 Å². The van der Waals surface area contributed by atoms with Crippen LogP contribution in [0.3, 0.4) is 0 Å². The maximum absolute atomic E-state index is 12.8. The number of hydrogen-bond acceptors (Lipinski definition) is 7. The number of non-ortho nitro benzene ring substituents is 1. The molecule has 1 amide bonds. The van der Waals surface area contributed by atoms with Gasteiger partial charge in [-0.1, -0.05) is 18.0 Å². The second-order valence-electron chi connectivity index (χ2n) is 8.50. The highest BCUT2D eigenvalue weighted by Gasteiger charge is 2.26. The number of nitrogens with one attached hydrogen (secondary N) is 2. The van der Waals surface area contributed by atoms with E-state index in [0.29, 0.717) is 18.8 Å². The van der Waals surface area contributed by atoms with E-state index in [1.54, 1.807) is 0 Å². The highest BCUT2D eigenvalue weighted by atomic mass is 35.5. The van der Waals surface area contributed by atoms with E-state index in [1.165, 1.54) is 52.8 Å². The largest absolute Gasteiger partial charge is 0.322 e. The van der Waals surface area contributed by atoms with Crippen LogP contribution in [0.25, 0.3) is 0 Å². The molecule has 0 radical (unpaired) electrons. The molecule has 0 saturated carbocycles. The Morgan fingerprint density at radius 1 is 0.868 bits per heavy atom. The van der Waals surface area contributed by atoms with Crippen molar-refractivity contribution in [1.29, 1.82) is 0 Å². The average Bonchev–Trinajstić information content (AvgIpc) is 2.89. The summed E-state index contributed by atoms with van der Waals surface area (Å²) in [6, 6.07) is 14.4. The molecule has 11 nitrogen and oxygen atoms in total. The van der Waals surface area contributed by atoms with Crippen LogP contribution in [0.15, 0.2) is 76.5 Å². The van der Waals surface area contributed by atoms with Crippen molar-refractivity contribution in [3.8, 4) is 0 Å². The predicted octanol–water partition coefficient (Wildman–Crippen LogP) is 4.48. The number of carbonyl (C=O) groups is 1. The number of carbonyl (C=O) groups excluding carboxylic acids is 1. The van der Waals surface area contributed by atoms with Gasteiger partial charge in [-0.05, 0) is 67.4 Å². The second-order valence-corrected chi connectivity index (χ2v) is 12.5. The van der Waals surface area contributed by atoms with Gasteiger partial charge in [0.1, 0.15) is 4.90 Å². The van der Waals surface area contributed by atoms with Gasteiger partial charge in [0.2, 0.25) is 10.0 Å². The highest BCUT2D eigenvalue weighted by Crippen LogP contribution is 2.28. The second kappa shape index (κ2) is 11.1. The first kappa shape index (κ1) is 27.5. The van der Waals surface area contributed by atoms with Crippen molar-refractivity contribution >= 4 is 54.6 Å². The summed E-state index contributed by atoms with van der Waals surface area (Å²) in [5.74, 6) is -0.493. The molecular weight excluding hydrogens is 556 g/mol. The van der Waals surface area contributed by atoms with E-state index in [1.807, 2.05) is 0 Å². The first-order chi connectivity index (χ1) is 18.0. The van der Waals surface area contributed by atoms with Crippen LogP contribution in [0.5, 0.6) is 0 Å². The maximum atomic E-state index is 12.8. The van der Waals surface area contributed by atoms with Gasteiger partial charge in [-0.25, -0.2) is 16.8 Å². The van der Waals surface area contributed by atoms with Crippen molar-refractivity contribution in [1.82, 2.24) is 4.31 Å². The van der Waals surface area contributed by atoms with Crippen molar-refractivity contribution in [2.75, 3.05) is 23.1 Å². The van der Waals surface area contributed by atoms with Crippen LogP contribution in [0.2, 0.25) is 5.02 Å². The number of anilines is 2. The standard InChI is InChI=1S/C24H23ClN4O7S2/c25-22-13-10-20(29(31)32)16-23(22)37(33,34)27-19-6-4-17(5-7-19)24(30)26-18-8-11-21(12-9-18)38(35,36)28-14-2-1-3-15-28/h4-13,16,27H,1-3,14-15H2,(H,26,30). The van der Waals surface area contributed by atoms with Crippen LogP contribution >= 0.6 is 11.6 Å². The molecule has 1 fully saturated rings. The zero-order valence-electron chi connectivity index (χ0n) is 19.8. The molecule has 1 aliphatic heterocycles. The molecule has 3 aromatic carbocycles. The first-order valence-electron chi connectivity index (χ1n) is 11.5. The van der Waals surface area contributed by atoms with E-state index in [-0.39, 0.29) is 21.2 Å². The number of benzene rings is 3. The molecule has 0 spiro atoms. The summed E-state index contributed by atoms with van der Waals surface area (Å²) in [7, 11) is -7.83. The van der Waals surface area contributed by atoms with Crippen LogP contribution in [-0.4, -0.2) is 45.1 Å². The Morgan fingerprint density at radius 2 is 1.47 bits per heavy atom. The van der Waals surface area contributed by atoms with Crippen LogP contribution in [0.4, 0.5) is 17.1 Å². The molecule has 0 aliphatic carbocycles. The Labute approximate surface area is 224 Å². The Balaban J connectivity index is 1.42. The monoisotopic (exact) mass is 578 g/mol. The molecule has 1 saturated heterocycles. The minimum Gasteiger partial charge on any atom is -0.322 e. The number of nitrogens with zero attached hydrogens (tertiary/aromatic N) is 2. The van der Waals surface area contributed by atoms with Crippen LogP contribution < -0.4 is 10.0 Å². The molecule has 38 heavy (non-hydrogen) atoms. The summed E-state index contributed by atoms with van der Waals surface area (Å²) in [5.41, 5.74) is 0.277. The third-order valence-electron chi connectivity index (χ3n) is 5.88. The molecule has 200 valence electrons. The van der Waals surface area contributed by atoms with Crippen molar-refractivity contribution in [2.45, 2.75) is 29.1 Å². The third-order valence-corrected chi connectivity index (χ3v) is 9.66. The lowest BCUT2D eigenvalue weighted by Crippen LogP contribution is -2.35. The van der Waals surface area contributed by atoms with E-state index in [9.17, 15) is 31.7 Å². The van der Waals surface area contributed by atoms with Crippen molar-refractivity contribution < 1.29 is 26.6 Å². The van der Waals surface area contributed by atoms with Gasteiger partial charge in [0.05, 0.1) is 14.8 Å². The van der Waals surface area contributed by atoms with Crippen LogP contribution in [0, 0.1) is 10.1 Å². The van der Waals surface area contributed by atoms with Gasteiger partial charge in [0, 0.05) is 42.2 Å².